The highest BCUT2D eigenvalue weighted by atomic mass is 16.4. The van der Waals surface area contributed by atoms with E-state index in [0.29, 0.717) is 11.7 Å². The van der Waals surface area contributed by atoms with Crippen LogP contribution in [0.4, 0.5) is 0 Å². The molecule has 0 saturated carbocycles. The Morgan fingerprint density at radius 2 is 2.17 bits per heavy atom. The molecule has 1 saturated heterocycles. The van der Waals surface area contributed by atoms with E-state index in [9.17, 15) is 4.79 Å². The topological polar surface area (TPSA) is 45.5 Å². The molecule has 1 aromatic rings. The van der Waals surface area contributed by atoms with Gasteiger partial charge in [-0.15, -0.1) is 0 Å². The average molecular weight is 250 g/mol. The van der Waals surface area contributed by atoms with Gasteiger partial charge in [-0.25, -0.2) is 0 Å². The number of furan rings is 1. The van der Waals surface area contributed by atoms with Gasteiger partial charge in [0.1, 0.15) is 5.76 Å². The Labute approximate surface area is 108 Å². The molecule has 0 unspecified atom stereocenters. The minimum absolute atomic E-state index is 0.00627. The Balaban J connectivity index is 1.91. The van der Waals surface area contributed by atoms with Crippen LogP contribution in [0.2, 0.25) is 0 Å². The number of carbonyl (C=O) groups excluding carboxylic acids is 1. The quantitative estimate of drug-likeness (QED) is 0.888. The molecule has 0 aliphatic carbocycles. The van der Waals surface area contributed by atoms with Crippen LogP contribution in [0.1, 0.15) is 36.1 Å². The molecule has 2 heterocycles. The summed E-state index contributed by atoms with van der Waals surface area (Å²) in [6, 6.07) is 3.66. The molecular weight excluding hydrogens is 228 g/mol. The second-order valence-corrected chi connectivity index (χ2v) is 5.00. The van der Waals surface area contributed by atoms with Gasteiger partial charge in [0, 0.05) is 20.0 Å². The Morgan fingerprint density at radius 3 is 2.78 bits per heavy atom. The van der Waals surface area contributed by atoms with Gasteiger partial charge < -0.3 is 14.6 Å². The van der Waals surface area contributed by atoms with Gasteiger partial charge in [-0.3, -0.25) is 4.79 Å². The third-order valence-electron chi connectivity index (χ3n) is 3.56. The second kappa shape index (κ2) is 6.05. The van der Waals surface area contributed by atoms with E-state index in [1.54, 1.807) is 11.0 Å². The van der Waals surface area contributed by atoms with Crippen LogP contribution in [0.3, 0.4) is 0 Å². The summed E-state index contributed by atoms with van der Waals surface area (Å²) in [5, 5.41) is 3.34. The lowest BCUT2D eigenvalue weighted by Gasteiger charge is -2.27. The molecule has 18 heavy (non-hydrogen) atoms. The third kappa shape index (κ3) is 3.13. The summed E-state index contributed by atoms with van der Waals surface area (Å²) in [5.74, 6) is 1.94. The highest BCUT2D eigenvalue weighted by Gasteiger charge is 2.20. The van der Waals surface area contributed by atoms with E-state index in [1.807, 2.05) is 20.0 Å². The van der Waals surface area contributed by atoms with Crippen LogP contribution in [-0.2, 0) is 6.42 Å². The highest BCUT2D eigenvalue weighted by Crippen LogP contribution is 2.15. The molecule has 2 rings (SSSR count). The van der Waals surface area contributed by atoms with Crippen molar-refractivity contribution < 1.29 is 9.21 Å². The first-order chi connectivity index (χ1) is 8.70. The molecule has 0 atom stereocenters. The van der Waals surface area contributed by atoms with E-state index < -0.39 is 0 Å². The van der Waals surface area contributed by atoms with E-state index in [2.05, 4.69) is 5.32 Å². The van der Waals surface area contributed by atoms with E-state index >= 15 is 0 Å². The molecule has 100 valence electrons. The SMILES string of the molecule is CCc1ccc(C(=O)N(C)CC2CCNCC2)o1. The molecule has 4 heteroatoms. The van der Waals surface area contributed by atoms with Gasteiger partial charge in [0.05, 0.1) is 0 Å². The zero-order chi connectivity index (χ0) is 13.0. The largest absolute Gasteiger partial charge is 0.456 e. The molecule has 1 aromatic heterocycles. The predicted octanol–water partition coefficient (Wildman–Crippen LogP) is 1.91. The van der Waals surface area contributed by atoms with Crippen LogP contribution in [-0.4, -0.2) is 37.5 Å². The molecule has 1 N–H and O–H groups in total. The molecular formula is C14H22N2O2. The monoisotopic (exact) mass is 250 g/mol. The Morgan fingerprint density at radius 1 is 1.44 bits per heavy atom. The van der Waals surface area contributed by atoms with Crippen molar-refractivity contribution in [2.45, 2.75) is 26.2 Å². The number of hydrogen-bond donors (Lipinski definition) is 1. The number of hydrogen-bond acceptors (Lipinski definition) is 3. The summed E-state index contributed by atoms with van der Waals surface area (Å²) in [5.41, 5.74) is 0. The highest BCUT2D eigenvalue weighted by molar-refractivity contribution is 5.91. The Bertz CT molecular complexity index is 394. The summed E-state index contributed by atoms with van der Waals surface area (Å²) >= 11 is 0. The average Bonchev–Trinajstić information content (AvgIpc) is 2.87. The molecule has 1 amide bonds. The maximum Gasteiger partial charge on any atom is 0.289 e. The predicted molar refractivity (Wildman–Crippen MR) is 70.6 cm³/mol. The van der Waals surface area contributed by atoms with Crippen molar-refractivity contribution in [3.8, 4) is 0 Å². The molecule has 1 fully saturated rings. The first-order valence-corrected chi connectivity index (χ1v) is 6.75. The van der Waals surface area contributed by atoms with Crippen molar-refractivity contribution in [1.29, 1.82) is 0 Å². The number of nitrogens with zero attached hydrogens (tertiary/aromatic N) is 1. The lowest BCUT2D eigenvalue weighted by atomic mass is 9.98. The minimum atomic E-state index is -0.00627. The van der Waals surface area contributed by atoms with Crippen LogP contribution >= 0.6 is 0 Å². The lowest BCUT2D eigenvalue weighted by Crippen LogP contribution is -2.37. The number of rotatable bonds is 4. The minimum Gasteiger partial charge on any atom is -0.456 e. The molecule has 1 aliphatic rings. The van der Waals surface area contributed by atoms with Crippen LogP contribution in [0.15, 0.2) is 16.5 Å². The van der Waals surface area contributed by atoms with E-state index in [-0.39, 0.29) is 5.91 Å². The first-order valence-electron chi connectivity index (χ1n) is 6.75. The van der Waals surface area contributed by atoms with Crippen molar-refractivity contribution in [3.63, 3.8) is 0 Å². The smallest absolute Gasteiger partial charge is 0.289 e. The van der Waals surface area contributed by atoms with Gasteiger partial charge in [0.15, 0.2) is 5.76 Å². The van der Waals surface area contributed by atoms with Gasteiger partial charge in [-0.1, -0.05) is 6.92 Å². The van der Waals surface area contributed by atoms with Gasteiger partial charge in [0.2, 0.25) is 0 Å². The van der Waals surface area contributed by atoms with E-state index in [0.717, 1.165) is 44.7 Å². The summed E-state index contributed by atoms with van der Waals surface area (Å²) in [7, 11) is 1.86. The Kier molecular flexibility index (Phi) is 4.42. The third-order valence-corrected chi connectivity index (χ3v) is 3.56. The van der Waals surface area contributed by atoms with Crippen LogP contribution < -0.4 is 5.32 Å². The fourth-order valence-electron chi connectivity index (χ4n) is 2.41. The molecule has 0 spiro atoms. The van der Waals surface area contributed by atoms with Crippen molar-refractivity contribution in [1.82, 2.24) is 10.2 Å². The zero-order valence-corrected chi connectivity index (χ0v) is 11.2. The first kappa shape index (κ1) is 13.1. The van der Waals surface area contributed by atoms with Crippen molar-refractivity contribution in [2.24, 2.45) is 5.92 Å². The fourth-order valence-corrected chi connectivity index (χ4v) is 2.41. The van der Waals surface area contributed by atoms with Crippen LogP contribution in [0, 0.1) is 5.92 Å². The summed E-state index contributed by atoms with van der Waals surface area (Å²) in [6.07, 6.45) is 3.12. The lowest BCUT2D eigenvalue weighted by molar-refractivity contribution is 0.0729. The van der Waals surface area contributed by atoms with E-state index in [1.165, 1.54) is 0 Å². The maximum absolute atomic E-state index is 12.2. The standard InChI is InChI=1S/C14H22N2O2/c1-3-12-4-5-13(18-12)14(17)16(2)10-11-6-8-15-9-7-11/h4-5,11,15H,3,6-10H2,1-2H3. The second-order valence-electron chi connectivity index (χ2n) is 5.00. The Hall–Kier alpha value is -1.29. The van der Waals surface area contributed by atoms with Crippen molar-refractivity contribution >= 4 is 5.91 Å². The van der Waals surface area contributed by atoms with Gasteiger partial charge >= 0.3 is 0 Å². The maximum atomic E-state index is 12.2. The summed E-state index contributed by atoms with van der Waals surface area (Å²) in [6.45, 7) is 4.97. The van der Waals surface area contributed by atoms with Crippen molar-refractivity contribution in [2.75, 3.05) is 26.7 Å². The molecule has 0 bridgehead atoms. The molecule has 0 aromatic carbocycles. The number of aryl methyl sites for hydroxylation is 1. The van der Waals surface area contributed by atoms with E-state index in [4.69, 9.17) is 4.42 Å². The number of piperidine rings is 1. The van der Waals surface area contributed by atoms with Crippen molar-refractivity contribution in [3.05, 3.63) is 23.7 Å². The van der Waals surface area contributed by atoms with Gasteiger partial charge in [0.25, 0.3) is 5.91 Å². The van der Waals surface area contributed by atoms with Gasteiger partial charge in [-0.2, -0.15) is 0 Å². The van der Waals surface area contributed by atoms with Crippen LogP contribution in [0.5, 0.6) is 0 Å². The number of amides is 1. The normalized spacial score (nSPS) is 16.8. The summed E-state index contributed by atoms with van der Waals surface area (Å²) in [4.78, 5) is 14.0. The van der Waals surface area contributed by atoms with Crippen LogP contribution in [0.25, 0.3) is 0 Å². The molecule has 0 radical (unpaired) electrons. The number of nitrogens with one attached hydrogen (secondary N) is 1. The summed E-state index contributed by atoms with van der Waals surface area (Å²) < 4.78 is 5.50. The fraction of sp³-hybridized carbons (Fsp3) is 0.643. The van der Waals surface area contributed by atoms with Gasteiger partial charge in [-0.05, 0) is 44.0 Å². The zero-order valence-electron chi connectivity index (χ0n) is 11.2. The number of carbonyl (C=O) groups is 1. The molecule has 1 aliphatic heterocycles. The molecule has 4 nitrogen and oxygen atoms in total.